The highest BCUT2D eigenvalue weighted by Gasteiger charge is 2.16. The smallest absolute Gasteiger partial charge is 0.261 e. The molecular weight excluding hydrogens is 364 g/mol. The van der Waals surface area contributed by atoms with Gasteiger partial charge in [0.1, 0.15) is 0 Å². The molecule has 2 rings (SSSR count). The average molecular weight is 376 g/mol. The molecule has 0 aliphatic rings. The SMILES string of the molecule is Cc1cc(S(=O)(=O)Nc2ccc(Cl)cc2Br)ccc1N. The summed E-state index contributed by atoms with van der Waals surface area (Å²) in [5.74, 6) is 0. The van der Waals surface area contributed by atoms with Gasteiger partial charge < -0.3 is 5.73 Å². The summed E-state index contributed by atoms with van der Waals surface area (Å²) in [6.07, 6.45) is 0. The van der Waals surface area contributed by atoms with Gasteiger partial charge in [-0.1, -0.05) is 11.6 Å². The van der Waals surface area contributed by atoms with Crippen LogP contribution in [0.3, 0.4) is 0 Å². The van der Waals surface area contributed by atoms with Crippen LogP contribution in [0.5, 0.6) is 0 Å². The van der Waals surface area contributed by atoms with Gasteiger partial charge in [0, 0.05) is 15.2 Å². The number of aryl methyl sites for hydroxylation is 1. The number of rotatable bonds is 3. The molecule has 0 saturated carbocycles. The maximum atomic E-state index is 12.3. The van der Waals surface area contributed by atoms with Crippen LogP contribution in [0.4, 0.5) is 11.4 Å². The second-order valence-electron chi connectivity index (χ2n) is 4.25. The molecule has 0 unspecified atom stereocenters. The number of hydrogen-bond acceptors (Lipinski definition) is 3. The van der Waals surface area contributed by atoms with Crippen molar-refractivity contribution in [3.8, 4) is 0 Å². The number of nitrogens with one attached hydrogen (secondary N) is 1. The van der Waals surface area contributed by atoms with Crippen LogP contribution in [0.15, 0.2) is 45.8 Å². The molecule has 2 aromatic rings. The molecule has 0 saturated heterocycles. The summed E-state index contributed by atoms with van der Waals surface area (Å²) in [5.41, 5.74) is 7.37. The van der Waals surface area contributed by atoms with Crippen LogP contribution < -0.4 is 10.5 Å². The number of benzene rings is 2. The molecule has 0 amide bonds. The van der Waals surface area contributed by atoms with E-state index in [9.17, 15) is 8.42 Å². The van der Waals surface area contributed by atoms with Crippen molar-refractivity contribution in [1.29, 1.82) is 0 Å². The number of nitrogens with two attached hydrogens (primary N) is 1. The van der Waals surface area contributed by atoms with Crippen molar-refractivity contribution >= 4 is 48.9 Å². The topological polar surface area (TPSA) is 72.2 Å². The molecule has 0 aliphatic heterocycles. The Hall–Kier alpha value is -1.24. The van der Waals surface area contributed by atoms with E-state index in [-0.39, 0.29) is 4.90 Å². The van der Waals surface area contributed by atoms with Crippen molar-refractivity contribution in [1.82, 2.24) is 0 Å². The summed E-state index contributed by atoms with van der Waals surface area (Å²) in [7, 11) is -3.67. The zero-order valence-corrected chi connectivity index (χ0v) is 13.7. The van der Waals surface area contributed by atoms with Gasteiger partial charge in [-0.2, -0.15) is 0 Å². The van der Waals surface area contributed by atoms with E-state index < -0.39 is 10.0 Å². The lowest BCUT2D eigenvalue weighted by molar-refractivity contribution is 0.601. The lowest BCUT2D eigenvalue weighted by Gasteiger charge is -2.11. The first-order valence-corrected chi connectivity index (χ1v) is 8.29. The minimum absolute atomic E-state index is 0.158. The van der Waals surface area contributed by atoms with Crippen molar-refractivity contribution in [3.63, 3.8) is 0 Å². The first kappa shape index (κ1) is 15.2. The van der Waals surface area contributed by atoms with Crippen LogP contribution in [0.1, 0.15) is 5.56 Å². The van der Waals surface area contributed by atoms with E-state index in [1.807, 2.05) is 0 Å². The van der Waals surface area contributed by atoms with Crippen molar-refractivity contribution in [2.45, 2.75) is 11.8 Å². The van der Waals surface area contributed by atoms with E-state index in [1.54, 1.807) is 31.2 Å². The Labute approximate surface area is 131 Å². The molecule has 20 heavy (non-hydrogen) atoms. The van der Waals surface area contributed by atoms with Gasteiger partial charge in [0.25, 0.3) is 10.0 Å². The monoisotopic (exact) mass is 374 g/mol. The van der Waals surface area contributed by atoms with E-state index >= 15 is 0 Å². The van der Waals surface area contributed by atoms with E-state index in [2.05, 4.69) is 20.7 Å². The van der Waals surface area contributed by atoms with Crippen molar-refractivity contribution in [2.75, 3.05) is 10.5 Å². The molecule has 106 valence electrons. The summed E-state index contributed by atoms with van der Waals surface area (Å²) in [5, 5.41) is 0.517. The van der Waals surface area contributed by atoms with Gasteiger partial charge in [0.15, 0.2) is 0 Å². The highest BCUT2D eigenvalue weighted by Crippen LogP contribution is 2.28. The summed E-state index contributed by atoms with van der Waals surface area (Å²) in [6.45, 7) is 1.76. The van der Waals surface area contributed by atoms with Crippen molar-refractivity contribution < 1.29 is 8.42 Å². The second kappa shape index (κ2) is 5.63. The predicted octanol–water partition coefficient (Wildman–Crippen LogP) is 3.79. The molecule has 4 nitrogen and oxygen atoms in total. The Morgan fingerprint density at radius 2 is 1.90 bits per heavy atom. The normalized spacial score (nSPS) is 11.3. The van der Waals surface area contributed by atoms with Crippen LogP contribution in [0.25, 0.3) is 0 Å². The molecular formula is C13H12BrClN2O2S. The Balaban J connectivity index is 2.38. The minimum Gasteiger partial charge on any atom is -0.399 e. The third-order valence-electron chi connectivity index (χ3n) is 2.73. The maximum absolute atomic E-state index is 12.3. The predicted molar refractivity (Wildman–Crippen MR) is 85.6 cm³/mol. The zero-order valence-electron chi connectivity index (χ0n) is 10.5. The highest BCUT2D eigenvalue weighted by atomic mass is 79.9. The van der Waals surface area contributed by atoms with Crippen LogP contribution in [0.2, 0.25) is 5.02 Å². The van der Waals surface area contributed by atoms with E-state index in [0.29, 0.717) is 26.4 Å². The van der Waals surface area contributed by atoms with Gasteiger partial charge in [-0.05, 0) is 64.8 Å². The van der Waals surface area contributed by atoms with Gasteiger partial charge in [-0.15, -0.1) is 0 Å². The number of hydrogen-bond donors (Lipinski definition) is 2. The largest absolute Gasteiger partial charge is 0.399 e. The lowest BCUT2D eigenvalue weighted by atomic mass is 10.2. The van der Waals surface area contributed by atoms with Gasteiger partial charge in [-0.3, -0.25) is 4.72 Å². The van der Waals surface area contributed by atoms with E-state index in [1.165, 1.54) is 12.1 Å². The lowest BCUT2D eigenvalue weighted by Crippen LogP contribution is -2.13. The maximum Gasteiger partial charge on any atom is 0.261 e. The third-order valence-corrected chi connectivity index (χ3v) is 4.98. The standard InChI is InChI=1S/C13H12BrClN2O2S/c1-8-6-10(3-4-12(8)16)20(18,19)17-13-5-2-9(15)7-11(13)14/h2-7,17H,16H2,1H3. The quantitative estimate of drug-likeness (QED) is 0.802. The summed E-state index contributed by atoms with van der Waals surface area (Å²) in [4.78, 5) is 0.158. The third kappa shape index (κ3) is 3.26. The highest BCUT2D eigenvalue weighted by molar-refractivity contribution is 9.10. The van der Waals surface area contributed by atoms with Crippen LogP contribution in [-0.2, 0) is 10.0 Å². The Morgan fingerprint density at radius 1 is 1.20 bits per heavy atom. The Morgan fingerprint density at radius 3 is 2.50 bits per heavy atom. The number of nitrogen functional groups attached to an aromatic ring is 1. The van der Waals surface area contributed by atoms with Crippen molar-refractivity contribution in [3.05, 3.63) is 51.5 Å². The molecule has 0 heterocycles. The Kier molecular flexibility index (Phi) is 4.27. The van der Waals surface area contributed by atoms with Gasteiger partial charge >= 0.3 is 0 Å². The van der Waals surface area contributed by atoms with Crippen molar-refractivity contribution in [2.24, 2.45) is 0 Å². The fourth-order valence-electron chi connectivity index (χ4n) is 1.59. The Bertz CT molecular complexity index is 763. The fourth-order valence-corrected chi connectivity index (χ4v) is 3.67. The molecule has 0 aromatic heterocycles. The number of anilines is 2. The second-order valence-corrected chi connectivity index (χ2v) is 7.22. The number of sulfonamides is 1. The number of halogens is 2. The van der Waals surface area contributed by atoms with Gasteiger partial charge in [0.2, 0.25) is 0 Å². The zero-order chi connectivity index (χ0) is 14.9. The first-order valence-electron chi connectivity index (χ1n) is 5.63. The van der Waals surface area contributed by atoms with Crippen LogP contribution in [0, 0.1) is 6.92 Å². The fraction of sp³-hybridized carbons (Fsp3) is 0.0769. The molecule has 3 N–H and O–H groups in total. The molecule has 2 aromatic carbocycles. The van der Waals surface area contributed by atoms with Crippen LogP contribution >= 0.6 is 27.5 Å². The first-order chi connectivity index (χ1) is 9.29. The summed E-state index contributed by atoms with van der Waals surface area (Å²) < 4.78 is 27.7. The molecule has 0 spiro atoms. The molecule has 0 radical (unpaired) electrons. The van der Waals surface area contributed by atoms with Gasteiger partial charge in [0.05, 0.1) is 10.6 Å². The average Bonchev–Trinajstić information content (AvgIpc) is 2.36. The molecule has 7 heteroatoms. The molecule has 0 atom stereocenters. The molecule has 0 aliphatic carbocycles. The summed E-state index contributed by atoms with van der Waals surface area (Å²) >= 11 is 9.09. The minimum atomic E-state index is -3.67. The molecule has 0 bridgehead atoms. The van der Waals surface area contributed by atoms with Crippen LogP contribution in [-0.4, -0.2) is 8.42 Å². The van der Waals surface area contributed by atoms with E-state index in [4.69, 9.17) is 17.3 Å². The molecule has 0 fully saturated rings. The van der Waals surface area contributed by atoms with E-state index in [0.717, 1.165) is 0 Å². The summed E-state index contributed by atoms with van der Waals surface area (Å²) in [6, 6.07) is 9.39. The van der Waals surface area contributed by atoms with Gasteiger partial charge in [-0.25, -0.2) is 8.42 Å².